The van der Waals surface area contributed by atoms with Gasteiger partial charge in [0.15, 0.2) is 0 Å². The van der Waals surface area contributed by atoms with E-state index in [-0.39, 0.29) is 11.9 Å². The van der Waals surface area contributed by atoms with Gasteiger partial charge in [-0.25, -0.2) is 0 Å². The molecule has 0 unspecified atom stereocenters. The fourth-order valence-electron chi connectivity index (χ4n) is 4.62. The van der Waals surface area contributed by atoms with Crippen molar-refractivity contribution in [1.29, 1.82) is 0 Å². The van der Waals surface area contributed by atoms with Crippen molar-refractivity contribution in [3.63, 3.8) is 0 Å². The Hall–Kier alpha value is -1.85. The maximum Gasteiger partial charge on any atom is 0.224 e. The van der Waals surface area contributed by atoms with Crippen LogP contribution < -0.4 is 5.32 Å². The molecule has 1 amide bonds. The average Bonchev–Trinajstić information content (AvgIpc) is 3.12. The molecule has 4 rings (SSSR count). The summed E-state index contributed by atoms with van der Waals surface area (Å²) in [6, 6.07) is 4.96. The van der Waals surface area contributed by atoms with Crippen LogP contribution in [0.25, 0.3) is 10.9 Å². The van der Waals surface area contributed by atoms with E-state index in [1.165, 1.54) is 16.5 Å². The van der Waals surface area contributed by atoms with Gasteiger partial charge in [-0.05, 0) is 50.8 Å². The van der Waals surface area contributed by atoms with E-state index in [0.29, 0.717) is 18.6 Å². The van der Waals surface area contributed by atoms with Crippen LogP contribution in [-0.4, -0.2) is 53.7 Å². The van der Waals surface area contributed by atoms with E-state index in [9.17, 15) is 4.79 Å². The smallest absolute Gasteiger partial charge is 0.224 e. The molecular formula is C21H29N3O2. The summed E-state index contributed by atoms with van der Waals surface area (Å²) >= 11 is 0. The zero-order valence-corrected chi connectivity index (χ0v) is 16.2. The number of morpholine rings is 1. The molecule has 5 heteroatoms. The lowest BCUT2D eigenvalue weighted by Gasteiger charge is -2.33. The van der Waals surface area contributed by atoms with Crippen LogP contribution in [0.2, 0.25) is 0 Å². The molecule has 0 radical (unpaired) electrons. The third kappa shape index (κ3) is 3.14. The Balaban J connectivity index is 1.47. The molecule has 2 aliphatic heterocycles. The maximum atomic E-state index is 12.8. The highest BCUT2D eigenvalue weighted by atomic mass is 16.5. The normalized spacial score (nSPS) is 26.2. The largest absolute Gasteiger partial charge is 0.376 e. The molecule has 0 aliphatic carbocycles. The number of fused-ring (bicyclic) bond motifs is 2. The second kappa shape index (κ2) is 6.71. The van der Waals surface area contributed by atoms with Crippen molar-refractivity contribution in [2.75, 3.05) is 19.7 Å². The number of H-pyrrole nitrogens is 1. The monoisotopic (exact) mass is 355 g/mol. The Morgan fingerprint density at radius 2 is 2.04 bits per heavy atom. The number of aryl methyl sites for hydroxylation is 3. The number of aromatic nitrogens is 1. The van der Waals surface area contributed by atoms with Crippen LogP contribution in [0.15, 0.2) is 12.1 Å². The first-order valence-corrected chi connectivity index (χ1v) is 9.64. The van der Waals surface area contributed by atoms with E-state index in [2.05, 4.69) is 55.0 Å². The molecule has 0 saturated carbocycles. The van der Waals surface area contributed by atoms with E-state index in [1.54, 1.807) is 0 Å². The number of nitrogens with one attached hydrogen (secondary N) is 2. The molecule has 0 spiro atoms. The molecule has 26 heavy (non-hydrogen) atoms. The number of carbonyl (C=O) groups is 1. The van der Waals surface area contributed by atoms with Gasteiger partial charge in [0.1, 0.15) is 0 Å². The van der Waals surface area contributed by atoms with Crippen LogP contribution in [-0.2, 0) is 16.0 Å². The lowest BCUT2D eigenvalue weighted by Crippen LogP contribution is -2.45. The fraction of sp³-hybridized carbons (Fsp3) is 0.571. The van der Waals surface area contributed by atoms with Gasteiger partial charge in [0.2, 0.25) is 5.91 Å². The first-order valence-electron chi connectivity index (χ1n) is 9.64. The zero-order valence-electron chi connectivity index (χ0n) is 16.2. The second-order valence-corrected chi connectivity index (χ2v) is 8.11. The molecule has 2 aliphatic rings. The van der Waals surface area contributed by atoms with Crippen LogP contribution in [0.5, 0.6) is 0 Å². The molecule has 2 aromatic rings. The number of benzene rings is 1. The van der Waals surface area contributed by atoms with Crippen molar-refractivity contribution in [1.82, 2.24) is 15.2 Å². The molecule has 2 N–H and O–H groups in total. The first-order chi connectivity index (χ1) is 12.4. The zero-order chi connectivity index (χ0) is 18.4. The van der Waals surface area contributed by atoms with Crippen molar-refractivity contribution in [2.45, 2.75) is 58.7 Å². The first kappa shape index (κ1) is 17.6. The Bertz CT molecular complexity index is 841. The van der Waals surface area contributed by atoms with Gasteiger partial charge < -0.3 is 15.0 Å². The molecule has 2 fully saturated rings. The number of hydrogen-bond donors (Lipinski definition) is 2. The van der Waals surface area contributed by atoms with Crippen molar-refractivity contribution >= 4 is 16.8 Å². The summed E-state index contributed by atoms with van der Waals surface area (Å²) in [5, 5.41) is 4.48. The Morgan fingerprint density at radius 3 is 2.85 bits per heavy atom. The van der Waals surface area contributed by atoms with E-state index < -0.39 is 0 Å². The number of nitrogens with zero attached hydrogens (tertiary/aromatic N) is 1. The van der Waals surface area contributed by atoms with Crippen molar-refractivity contribution < 1.29 is 9.53 Å². The Kier molecular flexibility index (Phi) is 4.53. The molecule has 1 aromatic heterocycles. The molecule has 1 aromatic carbocycles. The fourth-order valence-corrected chi connectivity index (χ4v) is 4.62. The summed E-state index contributed by atoms with van der Waals surface area (Å²) in [5.41, 5.74) is 5.84. The summed E-state index contributed by atoms with van der Waals surface area (Å²) in [6.45, 7) is 11.1. The van der Waals surface area contributed by atoms with Gasteiger partial charge in [-0.1, -0.05) is 12.1 Å². The third-order valence-corrected chi connectivity index (χ3v) is 5.98. The van der Waals surface area contributed by atoms with E-state index >= 15 is 0 Å². The number of amides is 1. The standard InChI is InChI=1S/C21H29N3O2/c1-12-5-6-13(2)21-20(12)18(15(4)22-21)8-19(25)23-16-7-17-11-26-14(3)9-24(17)10-16/h5-6,14,16-17,22H,7-11H2,1-4H3,(H,23,25)/t14-,16+,17+/m1/s1. The average molecular weight is 355 g/mol. The van der Waals surface area contributed by atoms with Gasteiger partial charge in [0.25, 0.3) is 0 Å². The van der Waals surface area contributed by atoms with Crippen LogP contribution in [0.3, 0.4) is 0 Å². The van der Waals surface area contributed by atoms with Crippen molar-refractivity contribution in [2.24, 2.45) is 0 Å². The van der Waals surface area contributed by atoms with Crippen molar-refractivity contribution in [3.05, 3.63) is 34.5 Å². The van der Waals surface area contributed by atoms with E-state index in [1.807, 2.05) is 0 Å². The van der Waals surface area contributed by atoms with Crippen LogP contribution in [0.4, 0.5) is 0 Å². The number of carbonyl (C=O) groups excluding carboxylic acids is 1. The SMILES string of the molecule is Cc1[nH]c2c(C)ccc(C)c2c1CC(=O)N[C@H]1C[C@H]2CO[C@H](C)CN2C1. The molecule has 3 heterocycles. The van der Waals surface area contributed by atoms with Gasteiger partial charge in [-0.2, -0.15) is 0 Å². The Labute approximate surface area is 155 Å². The van der Waals surface area contributed by atoms with Crippen LogP contribution in [0, 0.1) is 20.8 Å². The lowest BCUT2D eigenvalue weighted by atomic mass is 10.0. The minimum Gasteiger partial charge on any atom is -0.376 e. The quantitative estimate of drug-likeness (QED) is 0.890. The number of aromatic amines is 1. The third-order valence-electron chi connectivity index (χ3n) is 5.98. The van der Waals surface area contributed by atoms with Gasteiger partial charge in [-0.3, -0.25) is 9.69 Å². The summed E-state index contributed by atoms with van der Waals surface area (Å²) in [6.07, 6.45) is 1.72. The van der Waals surface area contributed by atoms with E-state index in [4.69, 9.17) is 4.74 Å². The second-order valence-electron chi connectivity index (χ2n) is 8.11. The van der Waals surface area contributed by atoms with Crippen LogP contribution in [0.1, 0.15) is 35.7 Å². The molecule has 140 valence electrons. The predicted molar refractivity (Wildman–Crippen MR) is 104 cm³/mol. The van der Waals surface area contributed by atoms with Crippen LogP contribution >= 0.6 is 0 Å². The molecule has 2 saturated heterocycles. The van der Waals surface area contributed by atoms with Gasteiger partial charge >= 0.3 is 0 Å². The van der Waals surface area contributed by atoms with Crippen molar-refractivity contribution in [3.8, 4) is 0 Å². The predicted octanol–water partition coefficient (Wildman–Crippen LogP) is 2.61. The highest BCUT2D eigenvalue weighted by Gasteiger charge is 2.36. The highest BCUT2D eigenvalue weighted by Crippen LogP contribution is 2.29. The van der Waals surface area contributed by atoms with Gasteiger partial charge in [-0.15, -0.1) is 0 Å². The minimum atomic E-state index is 0.119. The van der Waals surface area contributed by atoms with Gasteiger partial charge in [0.05, 0.1) is 19.1 Å². The summed E-state index contributed by atoms with van der Waals surface area (Å²) < 4.78 is 5.76. The Morgan fingerprint density at radius 1 is 1.27 bits per heavy atom. The highest BCUT2D eigenvalue weighted by molar-refractivity contribution is 5.93. The summed E-state index contributed by atoms with van der Waals surface area (Å²) in [5.74, 6) is 0.119. The molecule has 3 atom stereocenters. The lowest BCUT2D eigenvalue weighted by molar-refractivity contribution is -0.121. The number of hydrogen-bond acceptors (Lipinski definition) is 3. The molecule has 5 nitrogen and oxygen atoms in total. The molecular weight excluding hydrogens is 326 g/mol. The summed E-state index contributed by atoms with van der Waals surface area (Å²) in [7, 11) is 0. The number of rotatable bonds is 3. The number of ether oxygens (including phenoxy) is 1. The summed E-state index contributed by atoms with van der Waals surface area (Å²) in [4.78, 5) is 18.7. The molecule has 0 bridgehead atoms. The van der Waals surface area contributed by atoms with Gasteiger partial charge in [0, 0.05) is 41.8 Å². The maximum absolute atomic E-state index is 12.8. The van der Waals surface area contributed by atoms with E-state index in [0.717, 1.165) is 42.9 Å². The topological polar surface area (TPSA) is 57.4 Å². The minimum absolute atomic E-state index is 0.119.